The van der Waals surface area contributed by atoms with Crippen molar-refractivity contribution in [1.82, 2.24) is 24.4 Å². The summed E-state index contributed by atoms with van der Waals surface area (Å²) >= 11 is 12.8. The third-order valence-corrected chi connectivity index (χ3v) is 7.96. The molecule has 1 aliphatic rings. The summed E-state index contributed by atoms with van der Waals surface area (Å²) in [5.41, 5.74) is -0.732. The largest absolute Gasteiger partial charge is 0.485 e. The van der Waals surface area contributed by atoms with Crippen LogP contribution in [-0.4, -0.2) is 73.8 Å². The van der Waals surface area contributed by atoms with E-state index in [1.54, 1.807) is 31.7 Å². The fraction of sp³-hybridized carbons (Fsp3) is 0.567. The molecule has 3 aromatic heterocycles. The molecule has 14 heteroatoms. The van der Waals surface area contributed by atoms with Crippen molar-refractivity contribution in [3.8, 4) is 11.4 Å². The minimum Gasteiger partial charge on any atom is -0.485 e. The predicted octanol–water partition coefficient (Wildman–Crippen LogP) is 6.86. The summed E-state index contributed by atoms with van der Waals surface area (Å²) in [6, 6.07) is 2.43. The quantitative estimate of drug-likeness (QED) is 0.255. The van der Waals surface area contributed by atoms with Gasteiger partial charge in [-0.2, -0.15) is 4.98 Å². The summed E-state index contributed by atoms with van der Waals surface area (Å²) in [5, 5.41) is 0.470. The number of aromatic nitrogens is 4. The highest BCUT2D eigenvalue weighted by atomic mass is 35.5. The van der Waals surface area contributed by atoms with E-state index >= 15 is 0 Å². The number of carbonyl (C=O) groups excluding carboxylic acids is 1. The van der Waals surface area contributed by atoms with Crippen LogP contribution in [-0.2, 0) is 4.74 Å². The van der Waals surface area contributed by atoms with Gasteiger partial charge in [0.15, 0.2) is 12.3 Å². The van der Waals surface area contributed by atoms with Crippen molar-refractivity contribution in [3.05, 3.63) is 44.7 Å². The van der Waals surface area contributed by atoms with Gasteiger partial charge in [-0.1, -0.05) is 44.0 Å². The number of hydrogen-bond donors (Lipinski definition) is 0. The zero-order chi connectivity index (χ0) is 32.7. The van der Waals surface area contributed by atoms with Gasteiger partial charge in [0.25, 0.3) is 5.92 Å². The van der Waals surface area contributed by atoms with Gasteiger partial charge in [0.05, 0.1) is 16.1 Å². The molecule has 2 atom stereocenters. The Bertz CT molecular complexity index is 1610. The zero-order valence-corrected chi connectivity index (χ0v) is 27.6. The molecule has 0 bridgehead atoms. The first-order valence-electron chi connectivity index (χ1n) is 14.5. The van der Waals surface area contributed by atoms with Crippen molar-refractivity contribution in [2.75, 3.05) is 24.6 Å². The Hall–Kier alpha value is -3.25. The molecule has 1 aliphatic heterocycles. The molecule has 0 spiro atoms. The summed E-state index contributed by atoms with van der Waals surface area (Å²) in [6.07, 6.45) is 0.592. The van der Waals surface area contributed by atoms with Crippen LogP contribution in [0.2, 0.25) is 10.2 Å². The van der Waals surface area contributed by atoms with Gasteiger partial charge in [-0.05, 0) is 46.6 Å². The standard InChI is InChI=1S/C30H38Cl2F2N6O4/c1-9-30(33,34)15-43-21-10-11-35-22(16(2)3)23(21)40-26-19(12-20(31)24(32)36-26)25(37-27(40)41)38-13-18(5)39(14-17(38)4)28(42)44-29(6,7)8/h10-12,16-18H,9,13-15H2,1-8H3. The maximum atomic E-state index is 14.2. The number of halogens is 4. The molecule has 1 saturated heterocycles. The van der Waals surface area contributed by atoms with Crippen molar-refractivity contribution < 1.29 is 23.0 Å². The molecule has 10 nitrogen and oxygen atoms in total. The number of nitrogens with zero attached hydrogens (tertiary/aromatic N) is 6. The highest BCUT2D eigenvalue weighted by molar-refractivity contribution is 6.41. The molecule has 0 N–H and O–H groups in total. The molecule has 44 heavy (non-hydrogen) atoms. The van der Waals surface area contributed by atoms with E-state index in [1.165, 1.54) is 23.8 Å². The Morgan fingerprint density at radius 3 is 2.43 bits per heavy atom. The van der Waals surface area contributed by atoms with E-state index in [0.29, 0.717) is 30.0 Å². The van der Waals surface area contributed by atoms with Gasteiger partial charge in [-0.15, -0.1) is 0 Å². The molecule has 4 rings (SSSR count). The van der Waals surface area contributed by atoms with Gasteiger partial charge < -0.3 is 19.3 Å². The summed E-state index contributed by atoms with van der Waals surface area (Å²) in [4.78, 5) is 43.9. The molecule has 4 heterocycles. The minimum absolute atomic E-state index is 0.0237. The Morgan fingerprint density at radius 2 is 1.82 bits per heavy atom. The van der Waals surface area contributed by atoms with Crippen LogP contribution in [0.3, 0.4) is 0 Å². The first-order chi connectivity index (χ1) is 20.4. The molecule has 0 saturated carbocycles. The molecule has 0 aromatic carbocycles. The van der Waals surface area contributed by atoms with Crippen LogP contribution in [0.1, 0.15) is 73.4 Å². The third-order valence-electron chi connectivity index (χ3n) is 7.29. The highest BCUT2D eigenvalue weighted by Gasteiger charge is 2.37. The Labute approximate surface area is 265 Å². The molecule has 0 aliphatic carbocycles. The van der Waals surface area contributed by atoms with Crippen molar-refractivity contribution in [3.63, 3.8) is 0 Å². The van der Waals surface area contributed by atoms with Gasteiger partial charge in [0.2, 0.25) is 0 Å². The second-order valence-electron chi connectivity index (χ2n) is 12.4. The average molecular weight is 656 g/mol. The minimum atomic E-state index is -3.09. The Morgan fingerprint density at radius 1 is 1.14 bits per heavy atom. The smallest absolute Gasteiger partial charge is 0.410 e. The maximum absolute atomic E-state index is 14.2. The van der Waals surface area contributed by atoms with Crippen LogP contribution in [0.15, 0.2) is 23.1 Å². The lowest BCUT2D eigenvalue weighted by Crippen LogP contribution is -2.59. The lowest BCUT2D eigenvalue weighted by atomic mass is 10.1. The first-order valence-corrected chi connectivity index (χ1v) is 15.2. The van der Waals surface area contributed by atoms with Gasteiger partial charge in [-0.3, -0.25) is 4.98 Å². The summed E-state index contributed by atoms with van der Waals surface area (Å²) in [6.45, 7) is 14.0. The fourth-order valence-electron chi connectivity index (χ4n) is 5.00. The number of amides is 1. The molecule has 240 valence electrons. The Balaban J connectivity index is 1.89. The predicted molar refractivity (Wildman–Crippen MR) is 167 cm³/mol. The Kier molecular flexibility index (Phi) is 9.65. The second-order valence-corrected chi connectivity index (χ2v) is 13.1. The normalized spacial score (nSPS) is 17.8. The molecular weight excluding hydrogens is 617 g/mol. The van der Waals surface area contributed by atoms with E-state index in [9.17, 15) is 18.4 Å². The van der Waals surface area contributed by atoms with Crippen molar-refractivity contribution in [2.24, 2.45) is 0 Å². The van der Waals surface area contributed by atoms with Crippen molar-refractivity contribution in [2.45, 2.75) is 91.3 Å². The second kappa shape index (κ2) is 12.6. The molecule has 0 radical (unpaired) electrons. The van der Waals surface area contributed by atoms with Gasteiger partial charge in [0.1, 0.15) is 28.0 Å². The van der Waals surface area contributed by atoms with E-state index in [2.05, 4.69) is 15.0 Å². The van der Waals surface area contributed by atoms with Crippen molar-refractivity contribution in [1.29, 1.82) is 0 Å². The number of ether oxygens (including phenoxy) is 2. The number of hydrogen-bond acceptors (Lipinski definition) is 8. The van der Waals surface area contributed by atoms with Gasteiger partial charge in [-0.25, -0.2) is 27.9 Å². The number of pyridine rings is 2. The topological polar surface area (TPSA) is 103 Å². The van der Waals surface area contributed by atoms with Crippen LogP contribution < -0.4 is 15.3 Å². The maximum Gasteiger partial charge on any atom is 0.410 e. The van der Waals surface area contributed by atoms with Crippen LogP contribution in [0.5, 0.6) is 5.75 Å². The summed E-state index contributed by atoms with van der Waals surface area (Å²) in [7, 11) is 0. The van der Waals surface area contributed by atoms with E-state index in [4.69, 9.17) is 32.7 Å². The van der Waals surface area contributed by atoms with Gasteiger partial charge in [0, 0.05) is 43.9 Å². The van der Waals surface area contributed by atoms with Crippen LogP contribution in [0, 0.1) is 0 Å². The van der Waals surface area contributed by atoms with Gasteiger partial charge >= 0.3 is 11.8 Å². The van der Waals surface area contributed by atoms with Crippen LogP contribution in [0.25, 0.3) is 16.7 Å². The molecule has 3 aromatic rings. The summed E-state index contributed by atoms with van der Waals surface area (Å²) in [5.74, 6) is -3.00. The molecule has 2 unspecified atom stereocenters. The lowest BCUT2D eigenvalue weighted by Gasteiger charge is -2.44. The van der Waals surface area contributed by atoms with E-state index in [1.807, 2.05) is 32.6 Å². The number of piperazine rings is 1. The van der Waals surface area contributed by atoms with Crippen LogP contribution >= 0.6 is 23.2 Å². The van der Waals surface area contributed by atoms with Crippen molar-refractivity contribution >= 4 is 46.1 Å². The van der Waals surface area contributed by atoms with E-state index in [0.717, 1.165) is 0 Å². The third kappa shape index (κ3) is 7.01. The zero-order valence-electron chi connectivity index (χ0n) is 26.1. The molecular formula is C30H38Cl2F2N6O4. The monoisotopic (exact) mass is 654 g/mol. The SMILES string of the molecule is CCC(F)(F)COc1ccnc(C(C)C)c1-n1c(=O)nc(N2CC(C)N(C(=O)OC(C)(C)C)CC2C)c2cc(Cl)c(Cl)nc21. The number of alkyl halides is 2. The summed E-state index contributed by atoms with van der Waals surface area (Å²) < 4.78 is 40.9. The molecule has 1 amide bonds. The number of fused-ring (bicyclic) bond motifs is 1. The highest BCUT2D eigenvalue weighted by Crippen LogP contribution is 2.36. The average Bonchev–Trinajstić information content (AvgIpc) is 2.92. The fourth-order valence-corrected chi connectivity index (χ4v) is 5.29. The number of carbonyl (C=O) groups is 1. The number of rotatable bonds is 7. The first kappa shape index (κ1) is 33.6. The van der Waals surface area contributed by atoms with E-state index in [-0.39, 0.29) is 45.3 Å². The lowest BCUT2D eigenvalue weighted by molar-refractivity contribution is -0.0436. The van der Waals surface area contributed by atoms with E-state index < -0.39 is 36.3 Å². The number of anilines is 1. The van der Waals surface area contributed by atoms with Crippen LogP contribution in [0.4, 0.5) is 19.4 Å². The molecule has 1 fully saturated rings.